The minimum Gasteiger partial charge on any atom is -0.481 e. The summed E-state index contributed by atoms with van der Waals surface area (Å²) in [6.45, 7) is 0. The van der Waals surface area contributed by atoms with Crippen LogP contribution in [0.5, 0.6) is 0 Å². The number of thiazole rings is 1. The van der Waals surface area contributed by atoms with Crippen LogP contribution in [0.1, 0.15) is 4.88 Å². The van der Waals surface area contributed by atoms with Crippen LogP contribution in [0.4, 0.5) is 0 Å². The molecule has 0 aromatic carbocycles. The molecule has 3 aromatic heterocycles. The standard InChI is InChI=1S/C14H10N2O3S/c17-12(18)8-11-13(10-5-3-7-19-10)16-14(20-11)9-4-1-2-6-15-9/h1-7H,8H2,(H,17,18). The first-order valence-corrected chi connectivity index (χ1v) is 6.72. The van der Waals surface area contributed by atoms with E-state index in [9.17, 15) is 4.79 Å². The van der Waals surface area contributed by atoms with Gasteiger partial charge in [0.2, 0.25) is 0 Å². The van der Waals surface area contributed by atoms with Crippen LogP contribution in [0.25, 0.3) is 22.2 Å². The molecule has 20 heavy (non-hydrogen) atoms. The van der Waals surface area contributed by atoms with Gasteiger partial charge in [0.1, 0.15) is 10.7 Å². The van der Waals surface area contributed by atoms with Crippen LogP contribution in [0.2, 0.25) is 0 Å². The molecule has 1 N–H and O–H groups in total. The summed E-state index contributed by atoms with van der Waals surface area (Å²) in [4.78, 5) is 20.3. The summed E-state index contributed by atoms with van der Waals surface area (Å²) in [6.07, 6.45) is 3.14. The van der Waals surface area contributed by atoms with Crippen molar-refractivity contribution in [2.24, 2.45) is 0 Å². The lowest BCUT2D eigenvalue weighted by Crippen LogP contribution is -1.99. The van der Waals surface area contributed by atoms with E-state index in [0.29, 0.717) is 21.3 Å². The maximum atomic E-state index is 11.0. The summed E-state index contributed by atoms with van der Waals surface area (Å²) < 4.78 is 5.32. The molecule has 3 heterocycles. The molecule has 0 aliphatic carbocycles. The maximum absolute atomic E-state index is 11.0. The van der Waals surface area contributed by atoms with E-state index < -0.39 is 5.97 Å². The maximum Gasteiger partial charge on any atom is 0.308 e. The molecule has 3 rings (SSSR count). The second kappa shape index (κ2) is 5.26. The monoisotopic (exact) mass is 286 g/mol. The van der Waals surface area contributed by atoms with Crippen molar-refractivity contribution in [2.45, 2.75) is 6.42 Å². The van der Waals surface area contributed by atoms with Crippen LogP contribution in [0.15, 0.2) is 47.2 Å². The molecule has 0 saturated heterocycles. The van der Waals surface area contributed by atoms with Gasteiger partial charge in [0.25, 0.3) is 0 Å². The highest BCUT2D eigenvalue weighted by atomic mass is 32.1. The Kier molecular flexibility index (Phi) is 3.30. The molecule has 0 amide bonds. The fourth-order valence-electron chi connectivity index (χ4n) is 1.81. The molecule has 0 radical (unpaired) electrons. The van der Waals surface area contributed by atoms with Gasteiger partial charge >= 0.3 is 5.97 Å². The molecule has 0 saturated carbocycles. The van der Waals surface area contributed by atoms with E-state index in [4.69, 9.17) is 9.52 Å². The second-order valence-corrected chi connectivity index (χ2v) is 5.14. The first-order chi connectivity index (χ1) is 9.74. The van der Waals surface area contributed by atoms with Gasteiger partial charge in [-0.25, -0.2) is 4.98 Å². The SMILES string of the molecule is O=C(O)Cc1sc(-c2ccccn2)nc1-c1ccco1. The van der Waals surface area contributed by atoms with Crippen molar-refractivity contribution in [3.05, 3.63) is 47.7 Å². The molecule has 100 valence electrons. The fourth-order valence-corrected chi connectivity index (χ4v) is 2.85. The van der Waals surface area contributed by atoms with Crippen LogP contribution in [-0.2, 0) is 11.2 Å². The van der Waals surface area contributed by atoms with Crippen molar-refractivity contribution < 1.29 is 14.3 Å². The number of aliphatic carboxylic acids is 1. The van der Waals surface area contributed by atoms with Crippen LogP contribution in [0, 0.1) is 0 Å². The summed E-state index contributed by atoms with van der Waals surface area (Å²) in [5.41, 5.74) is 1.30. The lowest BCUT2D eigenvalue weighted by atomic mass is 10.2. The zero-order valence-corrected chi connectivity index (χ0v) is 11.1. The number of carbonyl (C=O) groups is 1. The van der Waals surface area contributed by atoms with Crippen molar-refractivity contribution in [3.8, 4) is 22.2 Å². The fraction of sp³-hybridized carbons (Fsp3) is 0.0714. The number of carboxylic acid groups (broad SMARTS) is 1. The highest BCUT2D eigenvalue weighted by Crippen LogP contribution is 2.33. The average molecular weight is 286 g/mol. The molecule has 3 aromatic rings. The Labute approximate surface area is 118 Å². The number of rotatable bonds is 4. The Bertz CT molecular complexity index is 720. The second-order valence-electron chi connectivity index (χ2n) is 4.05. The van der Waals surface area contributed by atoms with Crippen molar-refractivity contribution >= 4 is 17.3 Å². The minimum absolute atomic E-state index is 0.0828. The molecule has 0 aliphatic rings. The Hall–Kier alpha value is -2.47. The van der Waals surface area contributed by atoms with Crippen LogP contribution in [-0.4, -0.2) is 21.0 Å². The quantitative estimate of drug-likeness (QED) is 0.797. The Balaban J connectivity index is 2.08. The van der Waals surface area contributed by atoms with Gasteiger partial charge in [-0.2, -0.15) is 0 Å². The largest absolute Gasteiger partial charge is 0.481 e. The molecule has 0 unspecified atom stereocenters. The lowest BCUT2D eigenvalue weighted by Gasteiger charge is -1.94. The lowest BCUT2D eigenvalue weighted by molar-refractivity contribution is -0.136. The van der Waals surface area contributed by atoms with Gasteiger partial charge in [0.15, 0.2) is 5.76 Å². The van der Waals surface area contributed by atoms with Gasteiger partial charge < -0.3 is 9.52 Å². The predicted octanol–water partition coefficient (Wildman–Crippen LogP) is 3.09. The van der Waals surface area contributed by atoms with E-state index in [0.717, 1.165) is 5.69 Å². The highest BCUT2D eigenvalue weighted by Gasteiger charge is 2.18. The topological polar surface area (TPSA) is 76.2 Å². The molecule has 0 spiro atoms. The zero-order valence-electron chi connectivity index (χ0n) is 10.3. The number of aromatic nitrogens is 2. The van der Waals surface area contributed by atoms with Crippen molar-refractivity contribution in [1.82, 2.24) is 9.97 Å². The van der Waals surface area contributed by atoms with E-state index in [1.54, 1.807) is 24.6 Å². The van der Waals surface area contributed by atoms with Crippen LogP contribution in [0.3, 0.4) is 0 Å². The van der Waals surface area contributed by atoms with Gasteiger partial charge in [-0.15, -0.1) is 11.3 Å². The number of hydrogen-bond donors (Lipinski definition) is 1. The summed E-state index contributed by atoms with van der Waals surface area (Å²) in [6, 6.07) is 9.05. The van der Waals surface area contributed by atoms with Crippen LogP contribution >= 0.6 is 11.3 Å². The highest BCUT2D eigenvalue weighted by molar-refractivity contribution is 7.15. The normalized spacial score (nSPS) is 10.6. The number of carboxylic acids is 1. The van der Waals surface area contributed by atoms with Crippen molar-refractivity contribution in [2.75, 3.05) is 0 Å². The predicted molar refractivity (Wildman–Crippen MR) is 74.4 cm³/mol. The Morgan fingerprint density at radius 1 is 1.30 bits per heavy atom. The van der Waals surface area contributed by atoms with Crippen molar-refractivity contribution in [1.29, 1.82) is 0 Å². The first-order valence-electron chi connectivity index (χ1n) is 5.91. The van der Waals surface area contributed by atoms with E-state index in [1.165, 1.54) is 11.3 Å². The van der Waals surface area contributed by atoms with Gasteiger partial charge in [0.05, 0.1) is 18.4 Å². The van der Waals surface area contributed by atoms with E-state index in [2.05, 4.69) is 9.97 Å². The molecule has 0 atom stereocenters. The van der Waals surface area contributed by atoms with E-state index >= 15 is 0 Å². The molecule has 6 heteroatoms. The summed E-state index contributed by atoms with van der Waals surface area (Å²) in [5, 5.41) is 9.69. The third-order valence-corrected chi connectivity index (χ3v) is 3.73. The summed E-state index contributed by atoms with van der Waals surface area (Å²) in [5.74, 6) is -0.325. The minimum atomic E-state index is -0.894. The summed E-state index contributed by atoms with van der Waals surface area (Å²) in [7, 11) is 0. The van der Waals surface area contributed by atoms with E-state index in [-0.39, 0.29) is 6.42 Å². The number of furan rings is 1. The number of nitrogens with zero attached hydrogens (tertiary/aromatic N) is 2. The molecule has 5 nitrogen and oxygen atoms in total. The van der Waals surface area contributed by atoms with Gasteiger partial charge in [-0.05, 0) is 24.3 Å². The van der Waals surface area contributed by atoms with Crippen LogP contribution < -0.4 is 0 Å². The number of pyridine rings is 1. The average Bonchev–Trinajstić information content (AvgIpc) is 3.08. The Morgan fingerprint density at radius 2 is 2.20 bits per heavy atom. The molecular formula is C14H10N2O3S. The third-order valence-electron chi connectivity index (χ3n) is 2.65. The zero-order chi connectivity index (χ0) is 13.9. The van der Waals surface area contributed by atoms with Gasteiger partial charge in [0, 0.05) is 11.1 Å². The van der Waals surface area contributed by atoms with E-state index in [1.807, 2.05) is 18.2 Å². The van der Waals surface area contributed by atoms with Crippen molar-refractivity contribution in [3.63, 3.8) is 0 Å². The first kappa shape index (κ1) is 12.6. The molecule has 0 bridgehead atoms. The smallest absolute Gasteiger partial charge is 0.308 e. The molecular weight excluding hydrogens is 276 g/mol. The van der Waals surface area contributed by atoms with Gasteiger partial charge in [-0.1, -0.05) is 6.07 Å². The summed E-state index contributed by atoms with van der Waals surface area (Å²) >= 11 is 1.32. The third kappa shape index (κ3) is 2.46. The van der Waals surface area contributed by atoms with Gasteiger partial charge in [-0.3, -0.25) is 9.78 Å². The Morgan fingerprint density at radius 3 is 2.85 bits per heavy atom. The molecule has 0 aliphatic heterocycles. The molecule has 0 fully saturated rings. The number of hydrogen-bond acceptors (Lipinski definition) is 5.